The van der Waals surface area contributed by atoms with Crippen LogP contribution in [0.1, 0.15) is 12.5 Å². The van der Waals surface area contributed by atoms with Gasteiger partial charge in [-0.25, -0.2) is 0 Å². The number of nitro benzene ring substituents is 1. The first kappa shape index (κ1) is 13.9. The van der Waals surface area contributed by atoms with E-state index in [0.717, 1.165) is 6.54 Å². The number of nitro groups is 1. The van der Waals surface area contributed by atoms with Crippen molar-refractivity contribution in [3.63, 3.8) is 0 Å². The molecule has 8 nitrogen and oxygen atoms in total. The highest BCUT2D eigenvalue weighted by Crippen LogP contribution is 2.22. The van der Waals surface area contributed by atoms with Crippen LogP contribution >= 0.6 is 0 Å². The van der Waals surface area contributed by atoms with Crippen molar-refractivity contribution in [2.24, 2.45) is 0 Å². The third kappa shape index (κ3) is 2.59. The summed E-state index contributed by atoms with van der Waals surface area (Å²) in [6.07, 6.45) is 0. The summed E-state index contributed by atoms with van der Waals surface area (Å²) in [5.41, 5.74) is -0.463. The summed E-state index contributed by atoms with van der Waals surface area (Å²) in [5.74, 6) is 0. The molecule has 1 aromatic heterocycles. The van der Waals surface area contributed by atoms with E-state index in [1.807, 2.05) is 18.9 Å². The predicted octanol–water partition coefficient (Wildman–Crippen LogP) is 0.576. The van der Waals surface area contributed by atoms with E-state index in [4.69, 9.17) is 0 Å². The number of H-pyrrole nitrogens is 2. The van der Waals surface area contributed by atoms with E-state index in [1.165, 1.54) is 12.1 Å². The lowest BCUT2D eigenvalue weighted by Crippen LogP contribution is -2.29. The number of fused-ring (bicyclic) bond motifs is 1. The summed E-state index contributed by atoms with van der Waals surface area (Å²) in [5, 5.41) is 10.9. The topological polar surface area (TPSA) is 112 Å². The average molecular weight is 278 g/mol. The van der Waals surface area contributed by atoms with Crippen molar-refractivity contribution in [2.75, 3.05) is 13.6 Å². The van der Waals surface area contributed by atoms with E-state index in [-0.39, 0.29) is 11.2 Å². The lowest BCUT2D eigenvalue weighted by atomic mass is 10.1. The maximum absolute atomic E-state index is 11.4. The Bertz CT molecular complexity index is 777. The van der Waals surface area contributed by atoms with Gasteiger partial charge in [-0.05, 0) is 19.2 Å². The number of benzene rings is 1. The van der Waals surface area contributed by atoms with Gasteiger partial charge in [-0.1, -0.05) is 6.92 Å². The number of nitrogens with one attached hydrogen (secondary N) is 2. The van der Waals surface area contributed by atoms with Crippen molar-refractivity contribution in [1.29, 1.82) is 0 Å². The van der Waals surface area contributed by atoms with Crippen molar-refractivity contribution >= 4 is 16.7 Å². The maximum atomic E-state index is 11.4. The van der Waals surface area contributed by atoms with Crippen LogP contribution in [0.2, 0.25) is 0 Å². The van der Waals surface area contributed by atoms with Crippen molar-refractivity contribution < 1.29 is 4.92 Å². The molecule has 2 N–H and O–H groups in total. The number of non-ortho nitro benzene ring substituents is 1. The van der Waals surface area contributed by atoms with Gasteiger partial charge in [-0.3, -0.25) is 19.7 Å². The van der Waals surface area contributed by atoms with Crippen LogP contribution in [-0.2, 0) is 6.54 Å². The zero-order valence-corrected chi connectivity index (χ0v) is 11.1. The van der Waals surface area contributed by atoms with Crippen LogP contribution in [-0.4, -0.2) is 33.4 Å². The first-order valence-electron chi connectivity index (χ1n) is 6.04. The van der Waals surface area contributed by atoms with Crippen LogP contribution in [0.25, 0.3) is 11.0 Å². The Kier molecular flexibility index (Phi) is 3.66. The highest BCUT2D eigenvalue weighted by atomic mass is 16.6. The van der Waals surface area contributed by atoms with Gasteiger partial charge in [0.25, 0.3) is 5.69 Å². The molecule has 1 heterocycles. The molecule has 0 unspecified atom stereocenters. The zero-order valence-electron chi connectivity index (χ0n) is 11.1. The SMILES string of the molecule is CCN(C)Cc1cc([N+](=O)[O-])cc2[nH]c(=O)c(=O)[nH]c12. The number of aromatic amines is 2. The summed E-state index contributed by atoms with van der Waals surface area (Å²) < 4.78 is 0. The van der Waals surface area contributed by atoms with Gasteiger partial charge in [0.05, 0.1) is 16.0 Å². The van der Waals surface area contributed by atoms with Crippen LogP contribution in [0.15, 0.2) is 21.7 Å². The molecule has 0 fully saturated rings. The van der Waals surface area contributed by atoms with Crippen LogP contribution in [0.3, 0.4) is 0 Å². The van der Waals surface area contributed by atoms with E-state index < -0.39 is 16.0 Å². The fourth-order valence-electron chi connectivity index (χ4n) is 1.91. The Hall–Kier alpha value is -2.48. The first-order valence-corrected chi connectivity index (χ1v) is 6.04. The van der Waals surface area contributed by atoms with Gasteiger partial charge in [-0.15, -0.1) is 0 Å². The predicted molar refractivity (Wildman–Crippen MR) is 73.9 cm³/mol. The van der Waals surface area contributed by atoms with Crippen molar-refractivity contribution in [2.45, 2.75) is 13.5 Å². The van der Waals surface area contributed by atoms with Gasteiger partial charge >= 0.3 is 11.1 Å². The molecule has 0 spiro atoms. The molecular weight excluding hydrogens is 264 g/mol. The fourth-order valence-corrected chi connectivity index (χ4v) is 1.91. The summed E-state index contributed by atoms with van der Waals surface area (Å²) in [7, 11) is 1.86. The molecule has 8 heteroatoms. The van der Waals surface area contributed by atoms with Crippen molar-refractivity contribution in [3.05, 3.63) is 48.5 Å². The van der Waals surface area contributed by atoms with E-state index >= 15 is 0 Å². The molecule has 106 valence electrons. The Morgan fingerprint density at radius 1 is 1.25 bits per heavy atom. The Morgan fingerprint density at radius 2 is 1.90 bits per heavy atom. The van der Waals surface area contributed by atoms with Crippen LogP contribution in [0.5, 0.6) is 0 Å². The minimum absolute atomic E-state index is 0.125. The molecule has 1 aromatic carbocycles. The first-order chi connectivity index (χ1) is 9.42. The van der Waals surface area contributed by atoms with Gasteiger partial charge in [0.2, 0.25) is 0 Å². The van der Waals surface area contributed by atoms with Gasteiger partial charge in [0, 0.05) is 18.7 Å². The van der Waals surface area contributed by atoms with Crippen molar-refractivity contribution in [1.82, 2.24) is 14.9 Å². The van der Waals surface area contributed by atoms with E-state index in [1.54, 1.807) is 0 Å². The third-order valence-electron chi connectivity index (χ3n) is 3.09. The second kappa shape index (κ2) is 5.25. The minimum atomic E-state index is -0.826. The average Bonchev–Trinajstić information content (AvgIpc) is 2.40. The zero-order chi connectivity index (χ0) is 14.9. The molecule has 0 aliphatic heterocycles. The largest absolute Gasteiger partial charge is 0.316 e. The Balaban J connectivity index is 2.74. The number of hydrogen-bond acceptors (Lipinski definition) is 5. The molecule has 0 saturated carbocycles. The summed E-state index contributed by atoms with van der Waals surface area (Å²) in [6, 6.07) is 2.64. The van der Waals surface area contributed by atoms with Crippen LogP contribution in [0.4, 0.5) is 5.69 Å². The normalized spacial score (nSPS) is 11.2. The summed E-state index contributed by atoms with van der Waals surface area (Å²) >= 11 is 0. The maximum Gasteiger partial charge on any atom is 0.314 e. The molecule has 0 aliphatic rings. The van der Waals surface area contributed by atoms with Gasteiger partial charge < -0.3 is 14.9 Å². The highest BCUT2D eigenvalue weighted by molar-refractivity contribution is 5.80. The van der Waals surface area contributed by atoms with Crippen LogP contribution in [0, 0.1) is 10.1 Å². The second-order valence-electron chi connectivity index (χ2n) is 4.52. The van der Waals surface area contributed by atoms with Gasteiger partial charge in [0.1, 0.15) is 0 Å². The molecule has 20 heavy (non-hydrogen) atoms. The Labute approximate surface area is 113 Å². The van der Waals surface area contributed by atoms with E-state index in [9.17, 15) is 19.7 Å². The number of nitrogens with zero attached hydrogens (tertiary/aromatic N) is 2. The molecular formula is C12H14N4O4. The number of hydrogen-bond donors (Lipinski definition) is 2. The third-order valence-corrected chi connectivity index (χ3v) is 3.09. The molecule has 0 saturated heterocycles. The lowest BCUT2D eigenvalue weighted by molar-refractivity contribution is -0.384. The second-order valence-corrected chi connectivity index (χ2v) is 4.52. The summed E-state index contributed by atoms with van der Waals surface area (Å²) in [6.45, 7) is 3.12. The Morgan fingerprint density at radius 3 is 2.50 bits per heavy atom. The standard InChI is InChI=1S/C12H14N4O4/c1-3-15(2)6-7-4-8(16(19)20)5-9-10(7)14-12(18)11(17)13-9/h4-5H,3,6H2,1-2H3,(H,13,17)(H,14,18). The molecule has 0 radical (unpaired) electrons. The van der Waals surface area contributed by atoms with Gasteiger partial charge in [-0.2, -0.15) is 0 Å². The molecule has 2 aromatic rings. The minimum Gasteiger partial charge on any atom is -0.316 e. The highest BCUT2D eigenvalue weighted by Gasteiger charge is 2.14. The molecule has 0 atom stereocenters. The van der Waals surface area contributed by atoms with Gasteiger partial charge in [0.15, 0.2) is 0 Å². The molecule has 0 bridgehead atoms. The van der Waals surface area contributed by atoms with E-state index in [0.29, 0.717) is 17.6 Å². The van der Waals surface area contributed by atoms with Crippen molar-refractivity contribution in [3.8, 4) is 0 Å². The lowest BCUT2D eigenvalue weighted by Gasteiger charge is -2.15. The molecule has 2 rings (SSSR count). The van der Waals surface area contributed by atoms with Crippen LogP contribution < -0.4 is 11.1 Å². The molecule has 0 aliphatic carbocycles. The summed E-state index contributed by atoms with van der Waals surface area (Å²) in [4.78, 5) is 39.9. The monoisotopic (exact) mass is 278 g/mol. The number of aromatic nitrogens is 2. The van der Waals surface area contributed by atoms with E-state index in [2.05, 4.69) is 9.97 Å². The smallest absolute Gasteiger partial charge is 0.314 e. The molecule has 0 amide bonds. The fraction of sp³-hybridized carbons (Fsp3) is 0.333. The quantitative estimate of drug-likeness (QED) is 0.482. The number of rotatable bonds is 4.